The summed E-state index contributed by atoms with van der Waals surface area (Å²) >= 11 is 0. The van der Waals surface area contributed by atoms with Gasteiger partial charge in [-0.15, -0.1) is 0 Å². The molecule has 0 spiro atoms. The zero-order valence-corrected chi connectivity index (χ0v) is 12.8. The Hall–Kier alpha value is -1.13. The van der Waals surface area contributed by atoms with Gasteiger partial charge < -0.3 is 0 Å². The Balaban J connectivity index is 3.27. The van der Waals surface area contributed by atoms with Crippen LogP contribution in [0.2, 0.25) is 0 Å². The first-order valence-electron chi connectivity index (χ1n) is 5.87. The summed E-state index contributed by atoms with van der Waals surface area (Å²) in [6, 6.07) is 5.22. The second kappa shape index (κ2) is 6.75. The second-order valence-electron chi connectivity index (χ2n) is 4.27. The van der Waals surface area contributed by atoms with Crippen LogP contribution >= 0.6 is 0 Å². The van der Waals surface area contributed by atoms with Crippen LogP contribution in [0.5, 0.6) is 0 Å². The van der Waals surface area contributed by atoms with Crippen LogP contribution in [0.4, 0.5) is 13.3 Å². The van der Waals surface area contributed by atoms with Gasteiger partial charge >= 0.3 is 5.76 Å². The summed E-state index contributed by atoms with van der Waals surface area (Å²) in [5, 5.41) is 0. The number of hydrogen-bond donors (Lipinski definition) is 0. The third-order valence-corrected chi connectivity index (χ3v) is 5.99. The largest absolute Gasteiger partial charge is 0.346 e. The van der Waals surface area contributed by atoms with Crippen LogP contribution in [0.3, 0.4) is 0 Å². The highest BCUT2D eigenvalue weighted by Crippen LogP contribution is 2.23. The quantitative estimate of drug-likeness (QED) is 0.792. The van der Waals surface area contributed by atoms with Crippen LogP contribution in [0.15, 0.2) is 32.9 Å². The van der Waals surface area contributed by atoms with Crippen LogP contribution in [-0.2, 0) is 24.4 Å². The number of rotatable bonds is 6. The Morgan fingerprint density at radius 1 is 1.19 bits per heavy atom. The minimum atomic E-state index is -5.24. The predicted octanol–water partition coefficient (Wildman–Crippen LogP) is 3.40. The van der Waals surface area contributed by atoms with Crippen molar-refractivity contribution >= 4 is 20.0 Å². The van der Waals surface area contributed by atoms with E-state index in [-0.39, 0.29) is 5.92 Å². The molecular formula is C11H14F3NO4S2. The highest BCUT2D eigenvalue weighted by Gasteiger charge is 2.29. The molecule has 120 valence electrons. The maximum Gasteiger partial charge on any atom is 0.346 e. The number of sulfonamides is 1. The first-order chi connectivity index (χ1) is 9.66. The maximum atomic E-state index is 12.3. The van der Waals surface area contributed by atoms with Gasteiger partial charge in [-0.1, -0.05) is 34.1 Å². The Labute approximate surface area is 121 Å². The van der Waals surface area contributed by atoms with E-state index in [1.54, 1.807) is 0 Å². The Bertz CT molecular complexity index is 695. The van der Waals surface area contributed by atoms with E-state index in [9.17, 15) is 25.9 Å². The molecule has 0 heterocycles. The van der Waals surface area contributed by atoms with Crippen LogP contribution in [-0.4, -0.2) is 18.4 Å². The average Bonchev–Trinajstić information content (AvgIpc) is 2.45. The van der Waals surface area contributed by atoms with E-state index < -0.39 is 30.7 Å². The number of hydrogen-bond acceptors (Lipinski definition) is 4. The molecule has 10 heteroatoms. The van der Waals surface area contributed by atoms with Crippen molar-refractivity contribution in [3.8, 4) is 0 Å². The zero-order chi connectivity index (χ0) is 16.3. The first-order valence-corrected chi connectivity index (χ1v) is 8.81. The van der Waals surface area contributed by atoms with E-state index >= 15 is 0 Å². The molecule has 2 unspecified atom stereocenters. The van der Waals surface area contributed by atoms with E-state index in [1.165, 1.54) is 12.1 Å². The molecule has 0 aliphatic heterocycles. The maximum absolute atomic E-state index is 12.3. The minimum absolute atomic E-state index is 0.179. The molecule has 0 bridgehead atoms. The highest BCUT2D eigenvalue weighted by molar-refractivity contribution is 8.01. The summed E-state index contributed by atoms with van der Waals surface area (Å²) < 4.78 is 76.2. The Kier molecular flexibility index (Phi) is 5.76. The average molecular weight is 345 g/mol. The molecule has 5 nitrogen and oxygen atoms in total. The van der Waals surface area contributed by atoms with Crippen LogP contribution < -0.4 is 0 Å². The molecule has 0 fully saturated rings. The van der Waals surface area contributed by atoms with Crippen molar-refractivity contribution in [2.24, 2.45) is 3.77 Å². The number of benzene rings is 1. The predicted molar refractivity (Wildman–Crippen MR) is 71.1 cm³/mol. The van der Waals surface area contributed by atoms with E-state index in [4.69, 9.17) is 0 Å². The molecule has 0 saturated carbocycles. The molecule has 0 aromatic heterocycles. The van der Waals surface area contributed by atoms with E-state index in [0.29, 0.717) is 0 Å². The zero-order valence-electron chi connectivity index (χ0n) is 11.2. The number of nitrogens with zero attached hydrogens (tertiary/aromatic N) is 1. The first kappa shape index (κ1) is 17.9. The SMILES string of the molecule is CCC(C)c1ccc(S(=O)(=O)N=S(=O)(OF)C(F)F)cc1. The molecule has 0 aliphatic carbocycles. The van der Waals surface area contributed by atoms with Gasteiger partial charge in [0.15, 0.2) is 0 Å². The number of halogens is 3. The molecular weight excluding hydrogens is 331 g/mol. The summed E-state index contributed by atoms with van der Waals surface area (Å²) in [5.41, 5.74) is 0.841. The van der Waals surface area contributed by atoms with Gasteiger partial charge in [-0.2, -0.15) is 17.2 Å². The van der Waals surface area contributed by atoms with Crippen molar-refractivity contribution in [3.63, 3.8) is 0 Å². The molecule has 1 aromatic rings. The van der Waals surface area contributed by atoms with Gasteiger partial charge in [0.05, 0.1) is 4.90 Å². The lowest BCUT2D eigenvalue weighted by Crippen LogP contribution is -2.14. The molecule has 21 heavy (non-hydrogen) atoms. The van der Waals surface area contributed by atoms with Crippen molar-refractivity contribution < 1.29 is 30.3 Å². The van der Waals surface area contributed by atoms with Gasteiger partial charge in [0.1, 0.15) is 0 Å². The third-order valence-electron chi connectivity index (χ3n) is 2.88. The lowest BCUT2D eigenvalue weighted by molar-refractivity contribution is -0.000781. The van der Waals surface area contributed by atoms with Gasteiger partial charge in [-0.3, -0.25) is 0 Å². The molecule has 0 radical (unpaired) electrons. The van der Waals surface area contributed by atoms with Crippen molar-refractivity contribution in [2.75, 3.05) is 0 Å². The Morgan fingerprint density at radius 2 is 1.71 bits per heavy atom. The van der Waals surface area contributed by atoms with Crippen LogP contribution in [0, 0.1) is 0 Å². The lowest BCUT2D eigenvalue weighted by atomic mass is 9.99. The standard InChI is InChI=1S/C11H14F3NO4S2/c1-3-8(2)9-4-6-10(7-5-9)20(16,17)15-21(18,19-14)11(12)13/h4-8,11H,3H2,1-2H3. The molecule has 0 aliphatic rings. The summed E-state index contributed by atoms with van der Waals surface area (Å²) in [7, 11) is -9.96. The minimum Gasteiger partial charge on any atom is -0.211 e. The monoisotopic (exact) mass is 345 g/mol. The van der Waals surface area contributed by atoms with Crippen molar-refractivity contribution in [2.45, 2.75) is 36.8 Å². The Morgan fingerprint density at radius 3 is 2.10 bits per heavy atom. The molecule has 0 amide bonds. The van der Waals surface area contributed by atoms with Crippen molar-refractivity contribution in [3.05, 3.63) is 29.8 Å². The fraction of sp³-hybridized carbons (Fsp3) is 0.455. The molecule has 0 saturated heterocycles. The van der Waals surface area contributed by atoms with Gasteiger partial charge in [0.25, 0.3) is 20.0 Å². The molecule has 1 rings (SSSR count). The fourth-order valence-corrected chi connectivity index (χ4v) is 3.78. The molecule has 2 atom stereocenters. The summed E-state index contributed by atoms with van der Waals surface area (Å²) in [4.78, 5) is -0.472. The summed E-state index contributed by atoms with van der Waals surface area (Å²) in [5.74, 6) is -3.71. The normalized spacial score (nSPS) is 16.5. The van der Waals surface area contributed by atoms with E-state index in [2.05, 4.69) is 8.16 Å². The topological polar surface area (TPSA) is 72.8 Å². The number of alkyl halides is 2. The van der Waals surface area contributed by atoms with Gasteiger partial charge in [0.2, 0.25) is 0 Å². The lowest BCUT2D eigenvalue weighted by Gasteiger charge is -2.09. The third kappa shape index (κ3) is 4.17. The van der Waals surface area contributed by atoms with Gasteiger partial charge in [-0.05, 0) is 34.6 Å². The molecule has 0 N–H and O–H groups in total. The van der Waals surface area contributed by atoms with Crippen molar-refractivity contribution in [1.82, 2.24) is 0 Å². The summed E-state index contributed by atoms with van der Waals surface area (Å²) in [6.07, 6.45) is 0.825. The highest BCUT2D eigenvalue weighted by atomic mass is 32.3. The van der Waals surface area contributed by atoms with Crippen LogP contribution in [0.1, 0.15) is 31.7 Å². The van der Waals surface area contributed by atoms with Gasteiger partial charge in [-0.25, -0.2) is 4.21 Å². The fourth-order valence-electron chi connectivity index (χ4n) is 1.46. The van der Waals surface area contributed by atoms with E-state index in [0.717, 1.165) is 24.1 Å². The smallest absolute Gasteiger partial charge is 0.211 e. The summed E-state index contributed by atoms with van der Waals surface area (Å²) in [6.45, 7) is 3.87. The van der Waals surface area contributed by atoms with Crippen molar-refractivity contribution in [1.29, 1.82) is 0 Å². The van der Waals surface area contributed by atoms with Crippen LogP contribution in [0.25, 0.3) is 0 Å². The second-order valence-corrected chi connectivity index (χ2v) is 7.80. The van der Waals surface area contributed by atoms with Gasteiger partial charge in [0, 0.05) is 0 Å². The molecule has 1 aromatic carbocycles. The van der Waals surface area contributed by atoms with E-state index in [1.807, 2.05) is 13.8 Å².